The van der Waals surface area contributed by atoms with Crippen LogP contribution in [0.1, 0.15) is 13.3 Å². The van der Waals surface area contributed by atoms with E-state index < -0.39 is 5.41 Å². The van der Waals surface area contributed by atoms with Gasteiger partial charge < -0.3 is 0 Å². The zero-order valence-electron chi connectivity index (χ0n) is 5.66. The normalized spacial score (nSPS) is 11.6. The molecule has 0 saturated carbocycles. The number of carbonyl (C=O) groups is 1. The average Bonchev–Trinajstić information content (AvgIpc) is 1.92. The molecule has 0 N–H and O–H groups in total. The van der Waals surface area contributed by atoms with Gasteiger partial charge in [0, 0.05) is 10.7 Å². The molecule has 0 aromatic rings. The lowest BCUT2D eigenvalue weighted by Crippen LogP contribution is -2.30. The lowest BCUT2D eigenvalue weighted by atomic mass is 9.92. The zero-order chi connectivity index (χ0) is 8.20. The van der Waals surface area contributed by atoms with Crippen LogP contribution in [0.2, 0.25) is 0 Å². The molecule has 0 heterocycles. The van der Waals surface area contributed by atoms with Gasteiger partial charge in [0.05, 0.1) is 5.41 Å². The highest BCUT2D eigenvalue weighted by Gasteiger charge is 2.32. The Morgan fingerprint density at radius 2 is 1.90 bits per heavy atom. The predicted octanol–water partition coefficient (Wildman–Crippen LogP) is 2.94. The summed E-state index contributed by atoms with van der Waals surface area (Å²) < 4.78 is 0. The van der Waals surface area contributed by atoms with Crippen molar-refractivity contribution in [3.05, 3.63) is 0 Å². The van der Waals surface area contributed by atoms with E-state index in [1.807, 2.05) is 6.92 Å². The highest BCUT2D eigenvalue weighted by molar-refractivity contribution is 9.09. The van der Waals surface area contributed by atoms with Crippen LogP contribution in [0, 0.1) is 5.41 Å². The Labute approximate surface area is 82.8 Å². The van der Waals surface area contributed by atoms with Crippen molar-refractivity contribution in [2.45, 2.75) is 13.3 Å². The van der Waals surface area contributed by atoms with Crippen molar-refractivity contribution in [3.63, 3.8) is 0 Å². The lowest BCUT2D eigenvalue weighted by molar-refractivity contribution is -0.118. The quantitative estimate of drug-likeness (QED) is 0.575. The third-order valence-corrected chi connectivity index (χ3v) is 4.15. The number of hydrogen-bond donors (Lipinski definition) is 0. The van der Waals surface area contributed by atoms with Crippen LogP contribution in [0.5, 0.6) is 0 Å². The van der Waals surface area contributed by atoms with Gasteiger partial charge in [-0.15, -0.1) is 0 Å². The van der Waals surface area contributed by atoms with Crippen molar-refractivity contribution in [2.24, 2.45) is 5.41 Å². The Bertz CT molecular complexity index is 115. The van der Waals surface area contributed by atoms with E-state index in [1.165, 1.54) is 0 Å². The van der Waals surface area contributed by atoms with E-state index >= 15 is 0 Å². The Morgan fingerprint density at radius 3 is 1.90 bits per heavy atom. The molecule has 0 aliphatic heterocycles. The standard InChI is InChI=1S/C6H9Br2ClO/c1-2-6(3-7,4-8)5(9)10/h2-4H2,1H3. The monoisotopic (exact) mass is 290 g/mol. The molecule has 0 aliphatic carbocycles. The Balaban J connectivity index is 4.31. The van der Waals surface area contributed by atoms with E-state index in [2.05, 4.69) is 31.9 Å². The van der Waals surface area contributed by atoms with Crippen LogP contribution in [-0.4, -0.2) is 15.9 Å². The van der Waals surface area contributed by atoms with Crippen molar-refractivity contribution >= 4 is 48.7 Å². The molecule has 0 atom stereocenters. The minimum Gasteiger partial charge on any atom is -0.281 e. The SMILES string of the molecule is CCC(CBr)(CBr)C(=O)Cl. The van der Waals surface area contributed by atoms with E-state index in [4.69, 9.17) is 11.6 Å². The van der Waals surface area contributed by atoms with E-state index in [-0.39, 0.29) is 5.24 Å². The van der Waals surface area contributed by atoms with Crippen LogP contribution in [0.25, 0.3) is 0 Å². The minimum absolute atomic E-state index is 0.274. The summed E-state index contributed by atoms with van der Waals surface area (Å²) in [6, 6.07) is 0. The molecule has 0 aromatic heterocycles. The maximum absolute atomic E-state index is 10.9. The zero-order valence-corrected chi connectivity index (χ0v) is 9.59. The van der Waals surface area contributed by atoms with E-state index in [0.29, 0.717) is 10.7 Å². The van der Waals surface area contributed by atoms with Gasteiger partial charge in [-0.2, -0.15) is 0 Å². The molecule has 4 heteroatoms. The fourth-order valence-electron chi connectivity index (χ4n) is 0.469. The van der Waals surface area contributed by atoms with Crippen molar-refractivity contribution in [2.75, 3.05) is 10.7 Å². The first-order valence-electron chi connectivity index (χ1n) is 2.95. The molecule has 0 bridgehead atoms. The molecule has 60 valence electrons. The topological polar surface area (TPSA) is 17.1 Å². The van der Waals surface area contributed by atoms with Crippen LogP contribution >= 0.6 is 43.5 Å². The third-order valence-electron chi connectivity index (χ3n) is 1.61. The number of hydrogen-bond acceptors (Lipinski definition) is 1. The first kappa shape index (κ1) is 10.9. The van der Waals surface area contributed by atoms with E-state index in [0.717, 1.165) is 6.42 Å². The van der Waals surface area contributed by atoms with E-state index in [9.17, 15) is 4.79 Å². The second-order valence-electron chi connectivity index (χ2n) is 2.17. The molecule has 0 aromatic carbocycles. The minimum atomic E-state index is -0.415. The average molecular weight is 292 g/mol. The second-order valence-corrected chi connectivity index (χ2v) is 3.64. The fraction of sp³-hybridized carbons (Fsp3) is 0.833. The second kappa shape index (κ2) is 4.73. The van der Waals surface area contributed by atoms with E-state index in [1.54, 1.807) is 0 Å². The highest BCUT2D eigenvalue weighted by Crippen LogP contribution is 2.29. The molecule has 0 unspecified atom stereocenters. The number of rotatable bonds is 4. The van der Waals surface area contributed by atoms with Crippen molar-refractivity contribution in [1.82, 2.24) is 0 Å². The molecule has 0 radical (unpaired) electrons. The Kier molecular flexibility index (Phi) is 5.16. The highest BCUT2D eigenvalue weighted by atomic mass is 79.9. The summed E-state index contributed by atoms with van der Waals surface area (Å²) >= 11 is 11.9. The Morgan fingerprint density at radius 1 is 1.50 bits per heavy atom. The van der Waals surface area contributed by atoms with Crippen LogP contribution in [0.4, 0.5) is 0 Å². The molecule has 1 nitrogen and oxygen atoms in total. The van der Waals surface area contributed by atoms with Crippen LogP contribution in [-0.2, 0) is 4.79 Å². The molecule has 10 heavy (non-hydrogen) atoms. The maximum atomic E-state index is 10.9. The fourth-order valence-corrected chi connectivity index (χ4v) is 3.29. The predicted molar refractivity (Wildman–Crippen MR) is 51.2 cm³/mol. The summed E-state index contributed by atoms with van der Waals surface area (Å²) in [6.45, 7) is 1.95. The molecule has 0 fully saturated rings. The molecular formula is C6H9Br2ClO. The molecule has 0 rings (SSSR count). The number of halogens is 3. The van der Waals surface area contributed by atoms with Gasteiger partial charge >= 0.3 is 0 Å². The smallest absolute Gasteiger partial charge is 0.229 e. The summed E-state index contributed by atoms with van der Waals surface area (Å²) in [4.78, 5) is 10.9. The maximum Gasteiger partial charge on any atom is 0.229 e. The largest absolute Gasteiger partial charge is 0.281 e. The van der Waals surface area contributed by atoms with Gasteiger partial charge in [-0.3, -0.25) is 4.79 Å². The summed E-state index contributed by atoms with van der Waals surface area (Å²) in [7, 11) is 0. The first-order valence-corrected chi connectivity index (χ1v) is 5.57. The van der Waals surface area contributed by atoms with Gasteiger partial charge in [0.2, 0.25) is 5.24 Å². The van der Waals surface area contributed by atoms with Gasteiger partial charge in [0.15, 0.2) is 0 Å². The molecule has 0 amide bonds. The molecule has 0 spiro atoms. The van der Waals surface area contributed by atoms with Crippen LogP contribution in [0.3, 0.4) is 0 Å². The summed E-state index contributed by atoms with van der Waals surface area (Å²) in [6.07, 6.45) is 0.756. The third kappa shape index (κ3) is 2.21. The van der Waals surface area contributed by atoms with Gasteiger partial charge in [0.1, 0.15) is 0 Å². The van der Waals surface area contributed by atoms with Crippen molar-refractivity contribution < 1.29 is 4.79 Å². The van der Waals surface area contributed by atoms with Crippen LogP contribution in [0.15, 0.2) is 0 Å². The van der Waals surface area contributed by atoms with Gasteiger partial charge in [-0.1, -0.05) is 38.8 Å². The van der Waals surface area contributed by atoms with Gasteiger partial charge in [-0.25, -0.2) is 0 Å². The lowest BCUT2D eigenvalue weighted by Gasteiger charge is -2.22. The van der Waals surface area contributed by atoms with Gasteiger partial charge in [-0.05, 0) is 18.0 Å². The molecule has 0 aliphatic rings. The van der Waals surface area contributed by atoms with Crippen molar-refractivity contribution in [3.8, 4) is 0 Å². The number of alkyl halides is 2. The first-order chi connectivity index (χ1) is 4.63. The van der Waals surface area contributed by atoms with Crippen molar-refractivity contribution in [1.29, 1.82) is 0 Å². The summed E-state index contributed by atoms with van der Waals surface area (Å²) in [5, 5.41) is 0.956. The summed E-state index contributed by atoms with van der Waals surface area (Å²) in [5.41, 5.74) is -0.415. The van der Waals surface area contributed by atoms with Gasteiger partial charge in [0.25, 0.3) is 0 Å². The summed E-state index contributed by atoms with van der Waals surface area (Å²) in [5.74, 6) is 0. The van der Waals surface area contributed by atoms with Crippen LogP contribution < -0.4 is 0 Å². The number of carbonyl (C=O) groups excluding carboxylic acids is 1. The Hall–Kier alpha value is 0.920. The molecule has 0 saturated heterocycles. The molecular weight excluding hydrogens is 283 g/mol.